The van der Waals surface area contributed by atoms with Gasteiger partial charge in [0, 0.05) is 6.42 Å². The molecular weight excluding hydrogens is 238 g/mol. The summed E-state index contributed by atoms with van der Waals surface area (Å²) in [5, 5.41) is 0. The molecule has 1 atom stereocenters. The molecule has 2 aromatic carbocycles. The molecule has 94 valence electrons. The van der Waals surface area contributed by atoms with Gasteiger partial charge in [0.2, 0.25) is 0 Å². The minimum absolute atomic E-state index is 0.206. The van der Waals surface area contributed by atoms with Crippen LogP contribution in [0, 0.1) is 0 Å². The third-order valence-corrected chi connectivity index (χ3v) is 3.19. The molecule has 1 amide bonds. The van der Waals surface area contributed by atoms with Crippen LogP contribution in [-0.4, -0.2) is 18.4 Å². The zero-order valence-electron chi connectivity index (χ0n) is 10.3. The van der Waals surface area contributed by atoms with Crippen LogP contribution < -0.4 is 0 Å². The number of benzene rings is 2. The van der Waals surface area contributed by atoms with E-state index in [1.807, 2.05) is 36.4 Å². The Labute approximate surface area is 111 Å². The van der Waals surface area contributed by atoms with Gasteiger partial charge in [-0.05, 0) is 16.7 Å². The van der Waals surface area contributed by atoms with Gasteiger partial charge in [0.25, 0.3) is 5.91 Å². The van der Waals surface area contributed by atoms with E-state index in [9.17, 15) is 4.79 Å². The van der Waals surface area contributed by atoms with E-state index in [1.165, 1.54) is 6.40 Å². The van der Waals surface area contributed by atoms with Gasteiger partial charge in [-0.3, -0.25) is 4.79 Å². The third kappa shape index (κ3) is 2.40. The lowest BCUT2D eigenvalue weighted by Gasteiger charge is -2.12. The first-order valence-corrected chi connectivity index (χ1v) is 6.20. The van der Waals surface area contributed by atoms with Gasteiger partial charge in [0.15, 0.2) is 12.5 Å². The normalized spacial score (nSPS) is 17.5. The summed E-state index contributed by atoms with van der Waals surface area (Å²) in [7, 11) is 0. The Morgan fingerprint density at radius 3 is 2.47 bits per heavy atom. The number of hydrogen-bond acceptors (Lipinski definition) is 2. The van der Waals surface area contributed by atoms with Gasteiger partial charge in [-0.2, -0.15) is 4.99 Å². The first-order chi connectivity index (χ1) is 9.34. The number of carbonyl (C=O) groups excluding carboxylic acids is 1. The fourth-order valence-electron chi connectivity index (χ4n) is 2.23. The molecule has 0 bridgehead atoms. The standard InChI is InChI=1S/C16H13NO2/c18-16-15(19-11-17-16)10-13-8-4-5-9-14(13)12-6-2-1-3-7-12/h1-9,11,15H,10H2. The Morgan fingerprint density at radius 2 is 1.74 bits per heavy atom. The van der Waals surface area contributed by atoms with Gasteiger partial charge in [0.1, 0.15) is 0 Å². The van der Waals surface area contributed by atoms with Crippen molar-refractivity contribution in [1.82, 2.24) is 0 Å². The fourth-order valence-corrected chi connectivity index (χ4v) is 2.23. The molecule has 1 aliphatic rings. The van der Waals surface area contributed by atoms with E-state index in [4.69, 9.17) is 4.74 Å². The van der Waals surface area contributed by atoms with Crippen LogP contribution in [0.2, 0.25) is 0 Å². The molecule has 0 saturated carbocycles. The summed E-state index contributed by atoms with van der Waals surface area (Å²) in [6.45, 7) is 0. The molecule has 0 fully saturated rings. The average Bonchev–Trinajstić information content (AvgIpc) is 2.86. The highest BCUT2D eigenvalue weighted by Gasteiger charge is 2.24. The van der Waals surface area contributed by atoms with Gasteiger partial charge < -0.3 is 4.74 Å². The van der Waals surface area contributed by atoms with E-state index in [0.717, 1.165) is 16.7 Å². The van der Waals surface area contributed by atoms with E-state index < -0.39 is 6.10 Å². The molecule has 2 aromatic rings. The first kappa shape index (κ1) is 11.7. The van der Waals surface area contributed by atoms with E-state index >= 15 is 0 Å². The SMILES string of the molecule is O=C1N=COC1Cc1ccccc1-c1ccccc1. The molecule has 0 saturated heterocycles. The number of carbonyl (C=O) groups is 1. The predicted molar refractivity (Wildman–Crippen MR) is 74.0 cm³/mol. The molecule has 3 nitrogen and oxygen atoms in total. The molecule has 19 heavy (non-hydrogen) atoms. The van der Waals surface area contributed by atoms with Crippen molar-refractivity contribution in [3.8, 4) is 11.1 Å². The van der Waals surface area contributed by atoms with Crippen LogP contribution >= 0.6 is 0 Å². The van der Waals surface area contributed by atoms with Crippen LogP contribution in [0.5, 0.6) is 0 Å². The lowest BCUT2D eigenvalue weighted by atomic mass is 9.96. The van der Waals surface area contributed by atoms with Gasteiger partial charge in [-0.15, -0.1) is 0 Å². The minimum atomic E-state index is -0.482. The van der Waals surface area contributed by atoms with Crippen molar-refractivity contribution >= 4 is 12.3 Å². The minimum Gasteiger partial charge on any atom is -0.470 e. The number of aliphatic imine (C=N–C) groups is 1. The van der Waals surface area contributed by atoms with Gasteiger partial charge in [-0.1, -0.05) is 54.6 Å². The summed E-state index contributed by atoms with van der Waals surface area (Å²) in [6.07, 6.45) is 1.30. The maximum Gasteiger partial charge on any atom is 0.289 e. The molecular formula is C16H13NO2. The molecule has 0 N–H and O–H groups in total. The van der Waals surface area contributed by atoms with Crippen LogP contribution in [0.15, 0.2) is 59.6 Å². The first-order valence-electron chi connectivity index (χ1n) is 6.20. The second-order valence-electron chi connectivity index (χ2n) is 4.42. The van der Waals surface area contributed by atoms with Crippen LogP contribution in [0.4, 0.5) is 0 Å². The van der Waals surface area contributed by atoms with Crippen molar-refractivity contribution in [2.24, 2.45) is 4.99 Å². The quantitative estimate of drug-likeness (QED) is 0.841. The van der Waals surface area contributed by atoms with E-state index in [1.54, 1.807) is 0 Å². The molecule has 0 aliphatic carbocycles. The number of hydrogen-bond donors (Lipinski definition) is 0. The molecule has 0 radical (unpaired) electrons. The van der Waals surface area contributed by atoms with Crippen LogP contribution in [-0.2, 0) is 16.0 Å². The molecule has 0 spiro atoms. The zero-order valence-corrected chi connectivity index (χ0v) is 10.3. The van der Waals surface area contributed by atoms with E-state index in [0.29, 0.717) is 6.42 Å². The highest BCUT2D eigenvalue weighted by molar-refractivity contribution is 5.91. The number of rotatable bonds is 3. The number of nitrogens with zero attached hydrogens (tertiary/aromatic N) is 1. The molecule has 1 heterocycles. The van der Waals surface area contributed by atoms with Crippen molar-refractivity contribution in [2.45, 2.75) is 12.5 Å². The summed E-state index contributed by atoms with van der Waals surface area (Å²) in [5.74, 6) is -0.206. The van der Waals surface area contributed by atoms with E-state index in [2.05, 4.69) is 23.2 Å². The third-order valence-electron chi connectivity index (χ3n) is 3.19. The Hall–Kier alpha value is -2.42. The van der Waals surface area contributed by atoms with E-state index in [-0.39, 0.29) is 5.91 Å². The van der Waals surface area contributed by atoms with Crippen molar-refractivity contribution in [3.05, 3.63) is 60.2 Å². The summed E-state index contributed by atoms with van der Waals surface area (Å²) >= 11 is 0. The lowest BCUT2D eigenvalue weighted by Crippen LogP contribution is -2.19. The molecule has 0 aromatic heterocycles. The highest BCUT2D eigenvalue weighted by Crippen LogP contribution is 2.25. The molecule has 1 aliphatic heterocycles. The fraction of sp³-hybridized carbons (Fsp3) is 0.125. The number of ether oxygens (including phenoxy) is 1. The average molecular weight is 251 g/mol. The topological polar surface area (TPSA) is 38.7 Å². The maximum atomic E-state index is 11.5. The molecule has 1 unspecified atom stereocenters. The Bertz CT molecular complexity index is 620. The molecule has 3 heteroatoms. The second kappa shape index (κ2) is 5.06. The lowest BCUT2D eigenvalue weighted by molar-refractivity contribution is -0.122. The van der Waals surface area contributed by atoms with Crippen LogP contribution in [0.1, 0.15) is 5.56 Å². The molecule has 3 rings (SSSR count). The monoisotopic (exact) mass is 251 g/mol. The Kier molecular flexibility index (Phi) is 3.11. The highest BCUT2D eigenvalue weighted by atomic mass is 16.5. The Balaban J connectivity index is 1.92. The Morgan fingerprint density at radius 1 is 1.00 bits per heavy atom. The van der Waals surface area contributed by atoms with Gasteiger partial charge >= 0.3 is 0 Å². The van der Waals surface area contributed by atoms with Crippen molar-refractivity contribution in [2.75, 3.05) is 0 Å². The summed E-state index contributed by atoms with van der Waals surface area (Å²) < 4.78 is 5.22. The zero-order chi connectivity index (χ0) is 13.1. The van der Waals surface area contributed by atoms with Crippen LogP contribution in [0.3, 0.4) is 0 Å². The summed E-state index contributed by atoms with van der Waals surface area (Å²) in [6, 6.07) is 18.2. The summed E-state index contributed by atoms with van der Waals surface area (Å²) in [4.78, 5) is 15.1. The van der Waals surface area contributed by atoms with Crippen LogP contribution in [0.25, 0.3) is 11.1 Å². The van der Waals surface area contributed by atoms with Crippen molar-refractivity contribution in [3.63, 3.8) is 0 Å². The smallest absolute Gasteiger partial charge is 0.289 e. The summed E-state index contributed by atoms with van der Waals surface area (Å²) in [5.41, 5.74) is 3.37. The maximum absolute atomic E-state index is 11.5. The van der Waals surface area contributed by atoms with Crippen molar-refractivity contribution < 1.29 is 9.53 Å². The van der Waals surface area contributed by atoms with Gasteiger partial charge in [-0.25, -0.2) is 0 Å². The predicted octanol–water partition coefficient (Wildman–Crippen LogP) is 2.85. The largest absolute Gasteiger partial charge is 0.470 e. The van der Waals surface area contributed by atoms with Crippen molar-refractivity contribution in [1.29, 1.82) is 0 Å². The van der Waals surface area contributed by atoms with Gasteiger partial charge in [0.05, 0.1) is 0 Å². The second-order valence-corrected chi connectivity index (χ2v) is 4.42. The number of amides is 1.